The van der Waals surface area contributed by atoms with Gasteiger partial charge in [0.2, 0.25) is 0 Å². The van der Waals surface area contributed by atoms with Crippen molar-refractivity contribution in [1.82, 2.24) is 29.2 Å². The second-order valence-corrected chi connectivity index (χ2v) is 19.3. The third-order valence-electron chi connectivity index (χ3n) is 13.4. The van der Waals surface area contributed by atoms with Gasteiger partial charge in [-0.05, 0) is 153 Å². The molecule has 3 fully saturated rings. The highest BCUT2D eigenvalue weighted by molar-refractivity contribution is 9.10. The van der Waals surface area contributed by atoms with Gasteiger partial charge in [0, 0.05) is 79.0 Å². The Labute approximate surface area is 407 Å². The molecular weight excluding hydrogens is 911 g/mol. The van der Waals surface area contributed by atoms with E-state index in [0.29, 0.717) is 11.1 Å². The Hall–Kier alpha value is -6.84. The van der Waals surface area contributed by atoms with Crippen molar-refractivity contribution in [3.8, 4) is 45.5 Å². The molecule has 0 unspecified atom stereocenters. The van der Waals surface area contributed by atoms with Gasteiger partial charge >= 0.3 is 7.12 Å². The average Bonchev–Trinajstić information content (AvgIpc) is 4.05. The van der Waals surface area contributed by atoms with Crippen LogP contribution in [0.4, 0.5) is 11.4 Å². The van der Waals surface area contributed by atoms with Gasteiger partial charge < -0.3 is 19.1 Å². The molecule has 68 heavy (non-hydrogen) atoms. The predicted octanol–water partition coefficient (Wildman–Crippen LogP) is 10.9. The summed E-state index contributed by atoms with van der Waals surface area (Å²) in [6.45, 7) is 12.7. The molecule has 12 nitrogen and oxygen atoms in total. The minimum atomic E-state index is -0.354. The highest BCUT2D eigenvalue weighted by atomic mass is 79.9. The standard InChI is InChI=1S/C24H21N5.C17H17BrN4.C13H16BNO2/c25-14-18-4-6-20(7-5-18)23-16-27-29-17-21(15-26-24(23)29)19-8-10-22(11-9-19)28-12-2-1-3-13-28;18-16-11-20-22-12-14(10-19-17(16)22)13-4-6-15(7-5-13)21-8-2-1-3-9-21;1-12(2)13(3,4)17-14(16-12)11-7-5-10(9-15)6-8-11/h4-11,15-17H,1-3,12-13H2;4-7,10-12H,1-3,8-9H2;5-8H,1-4H3. The molecular formula is C54H54BBrN10O2. The first-order valence-electron chi connectivity index (χ1n) is 23.4. The van der Waals surface area contributed by atoms with Crippen LogP contribution in [0.5, 0.6) is 0 Å². The molecule has 14 heteroatoms. The minimum absolute atomic E-state index is 0.328. The number of hydrogen-bond donors (Lipinski definition) is 0. The molecule has 0 atom stereocenters. The van der Waals surface area contributed by atoms with Crippen LogP contribution in [-0.2, 0) is 9.31 Å². The van der Waals surface area contributed by atoms with Gasteiger partial charge in [0.25, 0.3) is 0 Å². The van der Waals surface area contributed by atoms with Crippen molar-refractivity contribution >= 4 is 51.2 Å². The SMILES string of the molecule is Brc1cnn2cc(-c3ccc(N4CCCCC4)cc3)cnc12.CC1(C)OB(c2ccc(C#N)cc2)OC1(C)C.N#Cc1ccc(-c2cnn3cc(-c4ccc(N5CCCCC5)cc4)cnc23)cc1. The highest BCUT2D eigenvalue weighted by Crippen LogP contribution is 2.36. The fourth-order valence-electron chi connectivity index (χ4n) is 8.67. The fourth-order valence-corrected chi connectivity index (χ4v) is 9.05. The zero-order valence-electron chi connectivity index (χ0n) is 39.0. The Balaban J connectivity index is 0.000000132. The van der Waals surface area contributed by atoms with Crippen molar-refractivity contribution in [1.29, 1.82) is 10.5 Å². The van der Waals surface area contributed by atoms with E-state index in [0.717, 1.165) is 62.1 Å². The molecule has 4 aromatic carbocycles. The smallest absolute Gasteiger partial charge is 0.399 e. The molecule has 342 valence electrons. The van der Waals surface area contributed by atoms with Crippen molar-refractivity contribution in [2.45, 2.75) is 77.4 Å². The second-order valence-electron chi connectivity index (χ2n) is 18.5. The second kappa shape index (κ2) is 20.2. The highest BCUT2D eigenvalue weighted by Gasteiger charge is 2.51. The molecule has 4 aromatic heterocycles. The van der Waals surface area contributed by atoms with Crippen molar-refractivity contribution < 1.29 is 9.31 Å². The maximum Gasteiger partial charge on any atom is 0.494 e. The number of fused-ring (bicyclic) bond motifs is 2. The number of nitrogens with zero attached hydrogens (tertiary/aromatic N) is 10. The molecule has 0 N–H and O–H groups in total. The Bertz CT molecular complexity index is 3050. The first-order valence-corrected chi connectivity index (χ1v) is 24.2. The van der Waals surface area contributed by atoms with E-state index in [-0.39, 0.29) is 18.3 Å². The van der Waals surface area contributed by atoms with Gasteiger partial charge in [-0.15, -0.1) is 0 Å². The number of rotatable bonds is 6. The van der Waals surface area contributed by atoms with Crippen LogP contribution in [0.1, 0.15) is 77.3 Å². The van der Waals surface area contributed by atoms with E-state index in [2.05, 4.69) is 107 Å². The molecule has 0 amide bonds. The van der Waals surface area contributed by atoms with Crippen molar-refractivity contribution in [3.63, 3.8) is 0 Å². The third kappa shape index (κ3) is 10.2. The van der Waals surface area contributed by atoms with E-state index in [1.165, 1.54) is 68.6 Å². The van der Waals surface area contributed by atoms with Crippen molar-refractivity contribution in [2.75, 3.05) is 36.0 Å². The summed E-state index contributed by atoms with van der Waals surface area (Å²) in [6.07, 6.45) is 19.3. The molecule has 11 rings (SSSR count). The van der Waals surface area contributed by atoms with E-state index in [1.807, 2.05) is 99.6 Å². The van der Waals surface area contributed by atoms with Crippen LogP contribution >= 0.6 is 15.9 Å². The summed E-state index contributed by atoms with van der Waals surface area (Å²) in [5, 5.41) is 26.5. The lowest BCUT2D eigenvalue weighted by molar-refractivity contribution is 0.00578. The monoisotopic (exact) mass is 964 g/mol. The Morgan fingerprint density at radius 2 is 0.941 bits per heavy atom. The van der Waals surface area contributed by atoms with E-state index in [9.17, 15) is 0 Å². The average molecular weight is 966 g/mol. The van der Waals surface area contributed by atoms with Crippen LogP contribution in [0.3, 0.4) is 0 Å². The van der Waals surface area contributed by atoms with E-state index in [4.69, 9.17) is 19.8 Å². The largest absolute Gasteiger partial charge is 0.494 e. The van der Waals surface area contributed by atoms with Gasteiger partial charge in [0.1, 0.15) is 0 Å². The summed E-state index contributed by atoms with van der Waals surface area (Å²) in [4.78, 5) is 14.1. The normalized spacial score (nSPS) is 16.3. The molecule has 8 aromatic rings. The van der Waals surface area contributed by atoms with Gasteiger partial charge in [0.05, 0.1) is 51.3 Å². The van der Waals surface area contributed by atoms with Gasteiger partial charge in [-0.2, -0.15) is 20.7 Å². The Morgan fingerprint density at radius 3 is 1.43 bits per heavy atom. The lowest BCUT2D eigenvalue weighted by atomic mass is 9.79. The van der Waals surface area contributed by atoms with Gasteiger partial charge in [-0.25, -0.2) is 19.0 Å². The van der Waals surface area contributed by atoms with Crippen LogP contribution in [0.25, 0.3) is 44.7 Å². The van der Waals surface area contributed by atoms with Crippen LogP contribution < -0.4 is 15.3 Å². The summed E-state index contributed by atoms with van der Waals surface area (Å²) in [7, 11) is -0.354. The number of hydrogen-bond acceptors (Lipinski definition) is 10. The van der Waals surface area contributed by atoms with E-state index < -0.39 is 0 Å². The summed E-state index contributed by atoms with van der Waals surface area (Å²) in [5.74, 6) is 0. The van der Waals surface area contributed by atoms with Crippen molar-refractivity contribution in [3.05, 3.63) is 150 Å². The summed E-state index contributed by atoms with van der Waals surface area (Å²) in [6, 6.07) is 36.6. The lowest BCUT2D eigenvalue weighted by Gasteiger charge is -2.32. The van der Waals surface area contributed by atoms with Gasteiger partial charge in [0.15, 0.2) is 11.3 Å². The van der Waals surface area contributed by atoms with Gasteiger partial charge in [-0.3, -0.25) is 0 Å². The summed E-state index contributed by atoms with van der Waals surface area (Å²) >= 11 is 3.45. The van der Waals surface area contributed by atoms with Crippen LogP contribution in [0.15, 0.2) is 139 Å². The molecule has 7 heterocycles. The first kappa shape index (κ1) is 46.3. The van der Waals surface area contributed by atoms with Crippen LogP contribution in [0, 0.1) is 22.7 Å². The van der Waals surface area contributed by atoms with Gasteiger partial charge in [-0.1, -0.05) is 48.5 Å². The molecule has 0 saturated carbocycles. The predicted molar refractivity (Wildman–Crippen MR) is 274 cm³/mol. The molecule has 0 bridgehead atoms. The molecule has 3 aliphatic heterocycles. The molecule has 0 aliphatic carbocycles. The molecule has 3 saturated heterocycles. The van der Waals surface area contributed by atoms with E-state index in [1.54, 1.807) is 22.8 Å². The lowest BCUT2D eigenvalue weighted by Crippen LogP contribution is -2.41. The number of aromatic nitrogens is 6. The summed E-state index contributed by atoms with van der Waals surface area (Å²) < 4.78 is 16.4. The number of benzene rings is 4. The number of halogens is 1. The van der Waals surface area contributed by atoms with Crippen LogP contribution in [0.2, 0.25) is 0 Å². The summed E-state index contributed by atoms with van der Waals surface area (Å²) in [5.41, 5.74) is 12.2. The third-order valence-corrected chi connectivity index (χ3v) is 14.0. The van der Waals surface area contributed by atoms with E-state index >= 15 is 0 Å². The molecule has 0 radical (unpaired) electrons. The number of anilines is 2. The van der Waals surface area contributed by atoms with Crippen LogP contribution in [-0.4, -0.2) is 73.7 Å². The maximum absolute atomic E-state index is 8.98. The maximum atomic E-state index is 8.98. The first-order chi connectivity index (χ1) is 33.0. The fraction of sp³-hybridized carbons (Fsp3) is 0.296. The topological polar surface area (TPSA) is 133 Å². The number of nitriles is 2. The molecule has 3 aliphatic rings. The Morgan fingerprint density at radius 1 is 0.515 bits per heavy atom. The quantitative estimate of drug-likeness (QED) is 0.148. The zero-order valence-corrected chi connectivity index (χ0v) is 40.6. The Kier molecular flexibility index (Phi) is 13.7. The zero-order chi connectivity index (χ0) is 47.3. The van der Waals surface area contributed by atoms with Crippen molar-refractivity contribution in [2.24, 2.45) is 0 Å². The number of piperidine rings is 2. The molecule has 0 spiro atoms. The minimum Gasteiger partial charge on any atom is -0.399 e.